The molecule has 2 heterocycles. The van der Waals surface area contributed by atoms with Gasteiger partial charge in [0.1, 0.15) is 0 Å². The van der Waals surface area contributed by atoms with Crippen LogP contribution in [0, 0.1) is 6.92 Å². The second-order valence-corrected chi connectivity index (χ2v) is 24.4. The van der Waals surface area contributed by atoms with Crippen molar-refractivity contribution in [2.45, 2.75) is 69.1 Å². The summed E-state index contributed by atoms with van der Waals surface area (Å²) in [6.07, 6.45) is 2.94. The van der Waals surface area contributed by atoms with Gasteiger partial charge in [-0.15, -0.1) is 0 Å². The van der Waals surface area contributed by atoms with E-state index in [1.54, 1.807) is 10.7 Å². The Labute approximate surface area is 215 Å². The number of thiophene rings is 1. The number of fused-ring (bicyclic) bond motifs is 6. The third kappa shape index (κ3) is 3.49. The van der Waals surface area contributed by atoms with Crippen LogP contribution in [0.1, 0.15) is 50.8 Å². The van der Waals surface area contributed by atoms with E-state index in [-0.39, 0.29) is 10.8 Å². The first kappa shape index (κ1) is 23.2. The second-order valence-electron chi connectivity index (χ2n) is 12.8. The summed E-state index contributed by atoms with van der Waals surface area (Å²) >= 11 is -0.225. The molecule has 0 saturated heterocycles. The zero-order chi connectivity index (χ0) is 24.9. The molecule has 0 spiro atoms. The Balaban J connectivity index is 1.68. The molecule has 0 radical (unpaired) electrons. The van der Waals surface area contributed by atoms with Gasteiger partial charge in [-0.3, -0.25) is 0 Å². The average molecular weight is 539 g/mol. The predicted molar refractivity (Wildman–Crippen MR) is 156 cm³/mol. The summed E-state index contributed by atoms with van der Waals surface area (Å²) in [7, 11) is 0. The third-order valence-electron chi connectivity index (χ3n) is 7.90. The van der Waals surface area contributed by atoms with Gasteiger partial charge in [-0.2, -0.15) is 0 Å². The summed E-state index contributed by atoms with van der Waals surface area (Å²) in [5.41, 5.74) is 8.08. The van der Waals surface area contributed by atoms with Crippen LogP contribution in [0.5, 0.6) is 0 Å². The molecule has 0 saturated carbocycles. The summed E-state index contributed by atoms with van der Waals surface area (Å²) in [6, 6.07) is 16.4. The molecule has 0 bridgehead atoms. The van der Waals surface area contributed by atoms with Crippen LogP contribution >= 0.6 is 11.3 Å². The normalized spacial score (nSPS) is 16.9. The molecular weight excluding hydrogens is 505 g/mol. The van der Waals surface area contributed by atoms with Crippen LogP contribution in [-0.2, 0) is 10.8 Å². The van der Waals surface area contributed by atoms with Crippen molar-refractivity contribution < 1.29 is 0 Å². The van der Waals surface area contributed by atoms with Crippen molar-refractivity contribution in [3.05, 3.63) is 65.5 Å². The van der Waals surface area contributed by atoms with Crippen molar-refractivity contribution in [2.24, 2.45) is 0 Å². The van der Waals surface area contributed by atoms with E-state index in [0.29, 0.717) is 0 Å². The predicted octanol–water partition coefficient (Wildman–Crippen LogP) is 8.48. The summed E-state index contributed by atoms with van der Waals surface area (Å²) in [6.45, 7) is 11.8. The molecule has 1 aliphatic carbocycles. The molecule has 2 nitrogen and oxygen atoms in total. The number of hydrogen-bond acceptors (Lipinski definition) is 3. The Morgan fingerprint density at radius 3 is 2.31 bits per heavy atom. The molecule has 178 valence electrons. The number of rotatable bonds is 2. The zero-order valence-corrected chi connectivity index (χ0v) is 25.0. The molecule has 0 amide bonds. The zero-order valence-electron chi connectivity index (χ0n) is 22.1. The van der Waals surface area contributed by atoms with Crippen molar-refractivity contribution in [3.8, 4) is 11.3 Å². The quantitative estimate of drug-likeness (QED) is 0.210. The van der Waals surface area contributed by atoms with Crippen molar-refractivity contribution in [2.75, 3.05) is 0 Å². The molecule has 0 atom stereocenters. The Morgan fingerprint density at radius 2 is 1.57 bits per heavy atom. The first-order chi connectivity index (χ1) is 16.4. The van der Waals surface area contributed by atoms with Gasteiger partial charge in [0, 0.05) is 0 Å². The fourth-order valence-electron chi connectivity index (χ4n) is 6.62. The summed E-state index contributed by atoms with van der Waals surface area (Å²) in [4.78, 5) is 9.73. The van der Waals surface area contributed by atoms with Gasteiger partial charge in [0.2, 0.25) is 0 Å². The topological polar surface area (TPSA) is 25.8 Å². The average Bonchev–Trinajstić information content (AvgIpc) is 3.23. The van der Waals surface area contributed by atoms with Crippen molar-refractivity contribution in [1.29, 1.82) is 0 Å². The Morgan fingerprint density at radius 1 is 0.829 bits per heavy atom. The van der Waals surface area contributed by atoms with Gasteiger partial charge in [-0.25, -0.2) is 0 Å². The molecule has 2 aromatic heterocycles. The molecule has 3 aromatic carbocycles. The van der Waals surface area contributed by atoms with Gasteiger partial charge in [-0.05, 0) is 0 Å². The van der Waals surface area contributed by atoms with Crippen LogP contribution in [0.2, 0.25) is 17.3 Å². The standard InChI is InChI=1S/C31H34GeN2S/c1-18-9-10-21-19(13-18)14-20(15-24(21)32(6,7)8)26-29-27(34-17-33-26)22-11-12-23-25(28(22)35-29)31(4,5)16-30(23,2)3/h9-15,17H,16H2,1-8H3. The van der Waals surface area contributed by atoms with Crippen LogP contribution in [0.3, 0.4) is 0 Å². The minimum absolute atomic E-state index is 0.153. The number of nitrogens with zero attached hydrogens (tertiary/aromatic N) is 2. The maximum atomic E-state index is 4.90. The molecule has 4 heteroatoms. The summed E-state index contributed by atoms with van der Waals surface area (Å²) in [5, 5.41) is 4.02. The van der Waals surface area contributed by atoms with Crippen LogP contribution < -0.4 is 4.40 Å². The van der Waals surface area contributed by atoms with Gasteiger partial charge < -0.3 is 0 Å². The number of aromatic nitrogens is 2. The van der Waals surface area contributed by atoms with Crippen molar-refractivity contribution >= 4 is 60.1 Å². The molecule has 5 aromatic rings. The SMILES string of the molecule is Cc1ccc2[c]([Ge]([CH3])([CH3])[CH3])cc(-c3ncnc4c3sc3c5c(ccc34)C(C)(C)CC5(C)C)cc2c1. The van der Waals surface area contributed by atoms with Crippen LogP contribution in [0.25, 0.3) is 42.3 Å². The van der Waals surface area contributed by atoms with Crippen LogP contribution in [-0.4, -0.2) is 23.2 Å². The number of aryl methyl sites for hydroxylation is 1. The number of hydrogen-bond donors (Lipinski definition) is 0. The third-order valence-corrected chi connectivity index (χ3v) is 13.4. The van der Waals surface area contributed by atoms with E-state index in [9.17, 15) is 0 Å². The first-order valence-electron chi connectivity index (χ1n) is 12.6. The molecule has 1 aliphatic rings. The van der Waals surface area contributed by atoms with Gasteiger partial charge in [-0.1, -0.05) is 0 Å². The Bertz CT molecular complexity index is 1670. The van der Waals surface area contributed by atoms with E-state index < -0.39 is 13.3 Å². The second kappa shape index (κ2) is 7.39. The Hall–Kier alpha value is -2.24. The van der Waals surface area contributed by atoms with E-state index in [1.165, 1.54) is 54.2 Å². The molecular formula is C31H34GeN2S. The molecule has 0 aliphatic heterocycles. The van der Waals surface area contributed by atoms with Crippen molar-refractivity contribution in [3.63, 3.8) is 0 Å². The van der Waals surface area contributed by atoms with E-state index in [2.05, 4.69) is 94.4 Å². The van der Waals surface area contributed by atoms with Gasteiger partial charge in [0.15, 0.2) is 0 Å². The monoisotopic (exact) mass is 540 g/mol. The van der Waals surface area contributed by atoms with E-state index >= 15 is 0 Å². The maximum absolute atomic E-state index is 4.90. The fraction of sp³-hybridized carbons (Fsp3) is 0.355. The van der Waals surface area contributed by atoms with Gasteiger partial charge in [0.25, 0.3) is 0 Å². The van der Waals surface area contributed by atoms with Crippen LogP contribution in [0.4, 0.5) is 0 Å². The van der Waals surface area contributed by atoms with E-state index in [0.717, 1.165) is 11.2 Å². The number of benzene rings is 3. The van der Waals surface area contributed by atoms with Crippen LogP contribution in [0.15, 0.2) is 48.8 Å². The molecule has 0 unspecified atom stereocenters. The Kier molecular flexibility index (Phi) is 4.90. The molecule has 0 fully saturated rings. The van der Waals surface area contributed by atoms with Gasteiger partial charge >= 0.3 is 216 Å². The van der Waals surface area contributed by atoms with Gasteiger partial charge in [0.05, 0.1) is 0 Å². The molecule has 35 heavy (non-hydrogen) atoms. The summed E-state index contributed by atoms with van der Waals surface area (Å²) in [5.74, 6) is 7.46. The molecule has 6 rings (SSSR count). The van der Waals surface area contributed by atoms with E-state index in [1.807, 2.05) is 11.3 Å². The summed E-state index contributed by atoms with van der Waals surface area (Å²) < 4.78 is 4.17. The molecule has 0 N–H and O–H groups in total. The fourth-order valence-corrected chi connectivity index (χ4v) is 11.5. The van der Waals surface area contributed by atoms with E-state index in [4.69, 9.17) is 9.97 Å². The first-order valence-corrected chi connectivity index (χ1v) is 20.8. The van der Waals surface area contributed by atoms with Crippen molar-refractivity contribution in [1.82, 2.24) is 9.97 Å². The minimum atomic E-state index is -2.13.